The second kappa shape index (κ2) is 8.34. The molecule has 0 aromatic heterocycles. The van der Waals surface area contributed by atoms with Crippen molar-refractivity contribution in [2.24, 2.45) is 5.92 Å². The number of rotatable bonds is 5. The van der Waals surface area contributed by atoms with Crippen molar-refractivity contribution in [3.63, 3.8) is 0 Å². The van der Waals surface area contributed by atoms with Crippen molar-refractivity contribution in [2.75, 3.05) is 11.9 Å². The van der Waals surface area contributed by atoms with E-state index in [2.05, 4.69) is 5.32 Å². The molecule has 1 aliphatic carbocycles. The summed E-state index contributed by atoms with van der Waals surface area (Å²) in [5.74, 6) is -6.89. The summed E-state index contributed by atoms with van der Waals surface area (Å²) < 4.78 is 40.4. The molecule has 1 fully saturated rings. The smallest absolute Gasteiger partial charge is 0.258 e. The van der Waals surface area contributed by atoms with Gasteiger partial charge in [0.05, 0.1) is 22.7 Å². The van der Waals surface area contributed by atoms with Crippen molar-refractivity contribution >= 4 is 52.3 Å². The lowest BCUT2D eigenvalue weighted by Crippen LogP contribution is -2.26. The van der Waals surface area contributed by atoms with Crippen LogP contribution in [-0.4, -0.2) is 22.7 Å². The number of benzene rings is 2. The fourth-order valence-corrected chi connectivity index (χ4v) is 4.07. The first kappa shape index (κ1) is 22.2. The summed E-state index contributed by atoms with van der Waals surface area (Å²) in [4.78, 5) is 24.5. The molecule has 2 aromatic rings. The molecule has 2 amide bonds. The monoisotopic (exact) mass is 475 g/mol. The molecule has 2 aromatic carbocycles. The van der Waals surface area contributed by atoms with Crippen molar-refractivity contribution in [3.05, 3.63) is 63.9 Å². The molecule has 0 saturated heterocycles. The predicted molar refractivity (Wildman–Crippen MR) is 105 cm³/mol. The van der Waals surface area contributed by atoms with Crippen LogP contribution < -0.4 is 10.6 Å². The molecule has 1 aliphatic rings. The highest BCUT2D eigenvalue weighted by molar-refractivity contribution is 6.53. The maximum Gasteiger partial charge on any atom is 0.258 e. The van der Waals surface area contributed by atoms with Gasteiger partial charge < -0.3 is 10.6 Å². The highest BCUT2D eigenvalue weighted by Gasteiger charge is 2.67. The van der Waals surface area contributed by atoms with Crippen molar-refractivity contribution < 1.29 is 22.8 Å². The van der Waals surface area contributed by atoms with E-state index >= 15 is 0 Å². The molecule has 11 heteroatoms. The molecule has 5 nitrogen and oxygen atoms in total. The molecule has 2 unspecified atom stereocenters. The quantitative estimate of drug-likeness (QED) is 0.491. The summed E-state index contributed by atoms with van der Waals surface area (Å²) in [6.07, 6.45) is 0. The van der Waals surface area contributed by atoms with Crippen LogP contribution in [0.4, 0.5) is 18.9 Å². The fraction of sp³-hybridized carbons (Fsp3) is 0.211. The lowest BCUT2D eigenvalue weighted by atomic mass is 10.1. The van der Waals surface area contributed by atoms with Crippen LogP contribution in [0.2, 0.25) is 5.02 Å². The zero-order valence-electron chi connectivity index (χ0n) is 14.8. The van der Waals surface area contributed by atoms with Gasteiger partial charge in [0, 0.05) is 5.92 Å². The van der Waals surface area contributed by atoms with Crippen LogP contribution in [-0.2, 0) is 4.79 Å². The minimum Gasteiger partial charge on any atom is -0.339 e. The van der Waals surface area contributed by atoms with Gasteiger partial charge in [0.2, 0.25) is 5.91 Å². The molecular weight excluding hydrogens is 466 g/mol. The first-order valence-corrected chi connectivity index (χ1v) is 9.49. The van der Waals surface area contributed by atoms with Crippen molar-refractivity contribution in [3.8, 4) is 6.07 Å². The molecule has 2 atom stereocenters. The van der Waals surface area contributed by atoms with Crippen LogP contribution in [0.15, 0.2) is 30.3 Å². The summed E-state index contributed by atoms with van der Waals surface area (Å²) in [5.41, 5.74) is -1.03. The lowest BCUT2D eigenvalue weighted by Gasteiger charge is -2.11. The SMILES string of the molecule is N#CCNC(=O)c1c(F)ccc(NC(=O)C2C(c3ccc(F)c(Cl)c3)C2(Cl)Cl)c1F. The second-order valence-electron chi connectivity index (χ2n) is 6.42. The molecule has 156 valence electrons. The van der Waals surface area contributed by atoms with Gasteiger partial charge in [0.15, 0.2) is 5.82 Å². The van der Waals surface area contributed by atoms with Crippen molar-refractivity contribution in [1.29, 1.82) is 5.26 Å². The number of nitrogens with zero attached hydrogens (tertiary/aromatic N) is 1. The number of nitriles is 1. The Balaban J connectivity index is 1.83. The minimum absolute atomic E-state index is 0.180. The molecule has 0 radical (unpaired) electrons. The summed E-state index contributed by atoms with van der Waals surface area (Å²) in [6, 6.07) is 7.08. The number of alkyl halides is 2. The highest BCUT2D eigenvalue weighted by Crippen LogP contribution is 2.65. The van der Waals surface area contributed by atoms with Gasteiger partial charge in [-0.3, -0.25) is 9.59 Å². The van der Waals surface area contributed by atoms with Gasteiger partial charge >= 0.3 is 0 Å². The zero-order chi connectivity index (χ0) is 22.2. The lowest BCUT2D eigenvalue weighted by molar-refractivity contribution is -0.117. The third kappa shape index (κ3) is 4.06. The number of halogens is 6. The Kier molecular flexibility index (Phi) is 6.18. The number of hydrogen-bond donors (Lipinski definition) is 2. The maximum atomic E-state index is 14.6. The van der Waals surface area contributed by atoms with Gasteiger partial charge in [0.25, 0.3) is 5.91 Å². The number of nitrogens with one attached hydrogen (secondary N) is 2. The summed E-state index contributed by atoms with van der Waals surface area (Å²) in [5, 5.41) is 12.5. The number of anilines is 1. The van der Waals surface area contributed by atoms with E-state index in [4.69, 9.17) is 40.1 Å². The van der Waals surface area contributed by atoms with E-state index in [9.17, 15) is 22.8 Å². The van der Waals surface area contributed by atoms with Crippen molar-refractivity contribution in [1.82, 2.24) is 5.32 Å². The number of hydrogen-bond acceptors (Lipinski definition) is 3. The Morgan fingerprint density at radius 1 is 1.13 bits per heavy atom. The van der Waals surface area contributed by atoms with E-state index in [-0.39, 0.29) is 5.02 Å². The highest BCUT2D eigenvalue weighted by atomic mass is 35.5. The number of amides is 2. The predicted octanol–water partition coefficient (Wildman–Crippen LogP) is 4.54. The average Bonchev–Trinajstić information content (AvgIpc) is 3.26. The van der Waals surface area contributed by atoms with Gasteiger partial charge in [-0.05, 0) is 29.8 Å². The first-order valence-electron chi connectivity index (χ1n) is 8.36. The third-order valence-electron chi connectivity index (χ3n) is 4.54. The van der Waals surface area contributed by atoms with Gasteiger partial charge in [-0.1, -0.05) is 17.7 Å². The fourth-order valence-electron chi connectivity index (χ4n) is 3.05. The largest absolute Gasteiger partial charge is 0.339 e. The molecule has 1 saturated carbocycles. The molecule has 0 bridgehead atoms. The Labute approximate surface area is 183 Å². The Morgan fingerprint density at radius 2 is 1.80 bits per heavy atom. The molecule has 0 spiro atoms. The topological polar surface area (TPSA) is 82.0 Å². The summed E-state index contributed by atoms with van der Waals surface area (Å²) >= 11 is 18.1. The molecular formula is C19H11Cl3F3N3O2. The van der Waals surface area contributed by atoms with E-state index in [1.54, 1.807) is 6.07 Å². The number of carbonyl (C=O) groups excluding carboxylic acids is 2. The molecule has 2 N–H and O–H groups in total. The van der Waals surface area contributed by atoms with Crippen LogP contribution in [0, 0.1) is 34.7 Å². The van der Waals surface area contributed by atoms with Gasteiger partial charge in [-0.2, -0.15) is 5.26 Å². The zero-order valence-corrected chi connectivity index (χ0v) is 17.0. The van der Waals surface area contributed by atoms with Gasteiger partial charge in [0.1, 0.15) is 28.1 Å². The van der Waals surface area contributed by atoms with Crippen LogP contribution in [0.1, 0.15) is 21.8 Å². The van der Waals surface area contributed by atoms with E-state index in [0.29, 0.717) is 5.56 Å². The third-order valence-corrected chi connectivity index (χ3v) is 5.77. The second-order valence-corrected chi connectivity index (χ2v) is 8.27. The Bertz CT molecular complexity index is 1090. The Morgan fingerprint density at radius 3 is 2.43 bits per heavy atom. The molecule has 0 heterocycles. The molecule has 0 aliphatic heterocycles. The van der Waals surface area contributed by atoms with Gasteiger partial charge in [-0.15, -0.1) is 23.2 Å². The van der Waals surface area contributed by atoms with E-state index < -0.39 is 63.2 Å². The average molecular weight is 477 g/mol. The first-order chi connectivity index (χ1) is 14.1. The van der Waals surface area contributed by atoms with Crippen molar-refractivity contribution in [2.45, 2.75) is 10.3 Å². The van der Waals surface area contributed by atoms with Crippen LogP contribution in [0.3, 0.4) is 0 Å². The molecule has 30 heavy (non-hydrogen) atoms. The van der Waals surface area contributed by atoms with E-state index in [1.165, 1.54) is 12.1 Å². The number of carbonyl (C=O) groups is 2. The van der Waals surface area contributed by atoms with Crippen LogP contribution in [0.5, 0.6) is 0 Å². The molecule has 3 rings (SSSR count). The maximum absolute atomic E-state index is 14.6. The minimum atomic E-state index is -1.56. The summed E-state index contributed by atoms with van der Waals surface area (Å²) in [7, 11) is 0. The van der Waals surface area contributed by atoms with Crippen LogP contribution >= 0.6 is 34.8 Å². The van der Waals surface area contributed by atoms with Gasteiger partial charge in [-0.25, -0.2) is 13.2 Å². The van der Waals surface area contributed by atoms with Crippen LogP contribution in [0.25, 0.3) is 0 Å². The normalized spacial score (nSPS) is 19.0. The standard InChI is InChI=1S/C19H11Cl3F3N3O2/c20-9-7-8(1-2-10(9)23)14-15(19(14,21)22)18(30)28-12-4-3-11(24)13(16(12)25)17(29)27-6-5-26/h1-4,7,14-15H,6H2,(H,27,29)(H,28,30). The summed E-state index contributed by atoms with van der Waals surface area (Å²) in [6.45, 7) is -0.459. The van der Waals surface area contributed by atoms with E-state index in [0.717, 1.165) is 18.2 Å². The Hall–Kier alpha value is -2.47. The van der Waals surface area contributed by atoms with E-state index in [1.807, 2.05) is 5.32 Å².